The van der Waals surface area contributed by atoms with Gasteiger partial charge in [0.15, 0.2) is 0 Å². The molecular formula is C11H14ClNO4. The summed E-state index contributed by atoms with van der Waals surface area (Å²) in [5, 5.41) is 9.30. The summed E-state index contributed by atoms with van der Waals surface area (Å²) >= 11 is 6.04. The molecule has 1 aromatic rings. The summed E-state index contributed by atoms with van der Waals surface area (Å²) in [4.78, 5) is 11.1. The Morgan fingerprint density at radius 1 is 1.47 bits per heavy atom. The molecule has 0 saturated heterocycles. The SMILES string of the molecule is COc1ccc(C(CN)C(=O)O)c(OC)c1Cl. The predicted octanol–water partition coefficient (Wildman–Crippen LogP) is 1.48. The molecule has 0 aliphatic heterocycles. The van der Waals surface area contributed by atoms with E-state index < -0.39 is 11.9 Å². The van der Waals surface area contributed by atoms with E-state index in [1.165, 1.54) is 14.2 Å². The van der Waals surface area contributed by atoms with Crippen LogP contribution in [0.25, 0.3) is 0 Å². The highest BCUT2D eigenvalue weighted by Crippen LogP contribution is 2.39. The number of aliphatic carboxylic acids is 1. The van der Waals surface area contributed by atoms with Crippen molar-refractivity contribution in [3.63, 3.8) is 0 Å². The molecular weight excluding hydrogens is 246 g/mol. The summed E-state index contributed by atoms with van der Waals surface area (Å²) < 4.78 is 10.1. The normalized spacial score (nSPS) is 12.0. The lowest BCUT2D eigenvalue weighted by Gasteiger charge is -2.17. The molecule has 0 amide bonds. The largest absolute Gasteiger partial charge is 0.495 e. The number of hydrogen-bond donors (Lipinski definition) is 2. The summed E-state index contributed by atoms with van der Waals surface area (Å²) in [5.74, 6) is -1.17. The third-order valence-corrected chi connectivity index (χ3v) is 2.78. The first-order valence-corrected chi connectivity index (χ1v) is 5.27. The van der Waals surface area contributed by atoms with Crippen molar-refractivity contribution in [2.75, 3.05) is 20.8 Å². The zero-order valence-corrected chi connectivity index (χ0v) is 10.3. The van der Waals surface area contributed by atoms with E-state index in [0.29, 0.717) is 11.3 Å². The standard InChI is InChI=1S/C11H14ClNO4/c1-16-8-4-3-6(7(5-13)11(14)15)10(17-2)9(8)12/h3-4,7H,5,13H2,1-2H3,(H,14,15). The molecule has 0 aromatic heterocycles. The lowest BCUT2D eigenvalue weighted by Crippen LogP contribution is -2.21. The number of carbonyl (C=O) groups is 1. The van der Waals surface area contributed by atoms with Gasteiger partial charge < -0.3 is 20.3 Å². The fourth-order valence-corrected chi connectivity index (χ4v) is 1.88. The fourth-order valence-electron chi connectivity index (χ4n) is 1.55. The lowest BCUT2D eigenvalue weighted by molar-refractivity contribution is -0.138. The van der Waals surface area contributed by atoms with Crippen LogP contribution in [0.3, 0.4) is 0 Å². The number of benzene rings is 1. The van der Waals surface area contributed by atoms with Gasteiger partial charge in [0.2, 0.25) is 0 Å². The van der Waals surface area contributed by atoms with Crippen molar-refractivity contribution >= 4 is 17.6 Å². The van der Waals surface area contributed by atoms with Crippen molar-refractivity contribution in [1.29, 1.82) is 0 Å². The number of carboxylic acid groups (broad SMARTS) is 1. The molecule has 0 fully saturated rings. The molecule has 3 N–H and O–H groups in total. The quantitative estimate of drug-likeness (QED) is 0.837. The van der Waals surface area contributed by atoms with Crippen molar-refractivity contribution in [1.82, 2.24) is 0 Å². The molecule has 94 valence electrons. The van der Waals surface area contributed by atoms with Crippen LogP contribution in [-0.4, -0.2) is 31.8 Å². The number of hydrogen-bond acceptors (Lipinski definition) is 4. The molecule has 1 atom stereocenters. The van der Waals surface area contributed by atoms with E-state index in [1.54, 1.807) is 12.1 Å². The van der Waals surface area contributed by atoms with Crippen LogP contribution in [0, 0.1) is 0 Å². The van der Waals surface area contributed by atoms with E-state index in [9.17, 15) is 4.79 Å². The van der Waals surface area contributed by atoms with Crippen molar-refractivity contribution in [2.45, 2.75) is 5.92 Å². The Hall–Kier alpha value is -1.46. The molecule has 0 bridgehead atoms. The third-order valence-electron chi connectivity index (χ3n) is 2.43. The monoisotopic (exact) mass is 259 g/mol. The van der Waals surface area contributed by atoms with Crippen molar-refractivity contribution < 1.29 is 19.4 Å². The molecule has 0 aliphatic carbocycles. The summed E-state index contributed by atoms with van der Waals surface area (Å²) in [6.07, 6.45) is 0. The van der Waals surface area contributed by atoms with Crippen molar-refractivity contribution in [2.24, 2.45) is 5.73 Å². The summed E-state index contributed by atoms with van der Waals surface area (Å²) in [6, 6.07) is 3.18. The molecule has 0 aliphatic rings. The molecule has 1 aromatic carbocycles. The Balaban J connectivity index is 3.33. The number of rotatable bonds is 5. The minimum atomic E-state index is -1.02. The zero-order valence-electron chi connectivity index (χ0n) is 9.57. The van der Waals surface area contributed by atoms with Gasteiger partial charge in [-0.2, -0.15) is 0 Å². The average Bonchev–Trinajstić information content (AvgIpc) is 2.30. The van der Waals surface area contributed by atoms with E-state index >= 15 is 0 Å². The van der Waals surface area contributed by atoms with Crippen LogP contribution in [-0.2, 0) is 4.79 Å². The molecule has 0 radical (unpaired) electrons. The molecule has 0 heterocycles. The topological polar surface area (TPSA) is 81.8 Å². The lowest BCUT2D eigenvalue weighted by atomic mass is 9.98. The predicted molar refractivity (Wildman–Crippen MR) is 64.0 cm³/mol. The van der Waals surface area contributed by atoms with E-state index in [0.717, 1.165) is 0 Å². The van der Waals surface area contributed by atoms with E-state index in [1.807, 2.05) is 0 Å². The summed E-state index contributed by atoms with van der Waals surface area (Å²) in [6.45, 7) is -0.0334. The van der Waals surface area contributed by atoms with Gasteiger partial charge in [-0.3, -0.25) is 4.79 Å². The van der Waals surface area contributed by atoms with E-state index in [2.05, 4.69) is 0 Å². The second kappa shape index (κ2) is 5.75. The van der Waals surface area contributed by atoms with Crippen molar-refractivity contribution in [3.8, 4) is 11.5 Å². The molecule has 0 spiro atoms. The maximum absolute atomic E-state index is 11.1. The highest BCUT2D eigenvalue weighted by Gasteiger charge is 2.24. The molecule has 5 nitrogen and oxygen atoms in total. The smallest absolute Gasteiger partial charge is 0.312 e. The first-order chi connectivity index (χ1) is 8.06. The highest BCUT2D eigenvalue weighted by atomic mass is 35.5. The number of ether oxygens (including phenoxy) is 2. The number of nitrogens with two attached hydrogens (primary N) is 1. The van der Waals surface area contributed by atoms with E-state index in [4.69, 9.17) is 31.9 Å². The Morgan fingerprint density at radius 3 is 2.53 bits per heavy atom. The maximum atomic E-state index is 11.1. The van der Waals surface area contributed by atoms with Crippen LogP contribution in [0.1, 0.15) is 11.5 Å². The first-order valence-electron chi connectivity index (χ1n) is 4.90. The fraction of sp³-hybridized carbons (Fsp3) is 0.364. The molecule has 1 unspecified atom stereocenters. The number of methoxy groups -OCH3 is 2. The van der Waals surface area contributed by atoms with Gasteiger partial charge in [0.05, 0.1) is 20.1 Å². The Kier molecular flexibility index (Phi) is 4.60. The molecule has 1 rings (SSSR count). The Bertz CT molecular complexity index is 422. The van der Waals surface area contributed by atoms with Crippen LogP contribution in [0.5, 0.6) is 11.5 Å². The van der Waals surface area contributed by atoms with Crippen LogP contribution < -0.4 is 15.2 Å². The van der Waals surface area contributed by atoms with Crippen LogP contribution in [0.15, 0.2) is 12.1 Å². The van der Waals surface area contributed by atoms with Crippen LogP contribution >= 0.6 is 11.6 Å². The second-order valence-electron chi connectivity index (χ2n) is 3.33. The molecule has 17 heavy (non-hydrogen) atoms. The number of carboxylic acids is 1. The van der Waals surface area contributed by atoms with Crippen LogP contribution in [0.4, 0.5) is 0 Å². The van der Waals surface area contributed by atoms with Gasteiger partial charge in [0.25, 0.3) is 0 Å². The molecule has 0 saturated carbocycles. The van der Waals surface area contributed by atoms with Gasteiger partial charge in [-0.15, -0.1) is 0 Å². The van der Waals surface area contributed by atoms with E-state index in [-0.39, 0.29) is 17.3 Å². The van der Waals surface area contributed by atoms with Gasteiger partial charge in [-0.05, 0) is 6.07 Å². The zero-order chi connectivity index (χ0) is 13.0. The van der Waals surface area contributed by atoms with Crippen molar-refractivity contribution in [3.05, 3.63) is 22.7 Å². The van der Waals surface area contributed by atoms with Gasteiger partial charge in [-0.1, -0.05) is 17.7 Å². The Labute approximate surface area is 104 Å². The minimum Gasteiger partial charge on any atom is -0.495 e. The summed E-state index contributed by atoms with van der Waals surface area (Å²) in [7, 11) is 2.89. The van der Waals surface area contributed by atoms with Gasteiger partial charge in [0.1, 0.15) is 16.5 Å². The van der Waals surface area contributed by atoms with Gasteiger partial charge in [-0.25, -0.2) is 0 Å². The third kappa shape index (κ3) is 2.62. The average molecular weight is 260 g/mol. The highest BCUT2D eigenvalue weighted by molar-refractivity contribution is 6.33. The minimum absolute atomic E-state index is 0.0334. The van der Waals surface area contributed by atoms with Gasteiger partial charge >= 0.3 is 5.97 Å². The Morgan fingerprint density at radius 2 is 2.12 bits per heavy atom. The first kappa shape index (κ1) is 13.6. The van der Waals surface area contributed by atoms with Crippen LogP contribution in [0.2, 0.25) is 5.02 Å². The number of halogens is 1. The second-order valence-corrected chi connectivity index (χ2v) is 3.71. The summed E-state index contributed by atoms with van der Waals surface area (Å²) in [5.41, 5.74) is 5.88. The molecule has 6 heteroatoms. The van der Waals surface area contributed by atoms with Gasteiger partial charge in [0, 0.05) is 12.1 Å². The maximum Gasteiger partial charge on any atom is 0.312 e.